The minimum atomic E-state index is -0.702. The zero-order valence-corrected chi connectivity index (χ0v) is 18.4. The minimum Gasteiger partial charge on any atom is -0.381 e. The number of ether oxygens (including phenoxy) is 1. The number of pyridine rings is 1. The van der Waals surface area contributed by atoms with Gasteiger partial charge in [0.15, 0.2) is 0 Å². The van der Waals surface area contributed by atoms with Crippen molar-refractivity contribution >= 4 is 16.7 Å². The summed E-state index contributed by atoms with van der Waals surface area (Å²) in [4.78, 5) is 4.85. The molecule has 0 saturated carbocycles. The quantitative estimate of drug-likeness (QED) is 0.380. The Morgan fingerprint density at radius 3 is 2.70 bits per heavy atom. The summed E-state index contributed by atoms with van der Waals surface area (Å²) >= 11 is 0. The summed E-state index contributed by atoms with van der Waals surface area (Å²) in [6.45, 7) is 8.46. The lowest BCUT2D eigenvalue weighted by Crippen LogP contribution is -2.42. The van der Waals surface area contributed by atoms with Crippen LogP contribution in [-0.4, -0.2) is 48.2 Å². The van der Waals surface area contributed by atoms with E-state index in [0.29, 0.717) is 12.1 Å². The van der Waals surface area contributed by atoms with Gasteiger partial charge in [-0.15, -0.1) is 0 Å². The van der Waals surface area contributed by atoms with Gasteiger partial charge in [0.05, 0.1) is 11.7 Å². The third kappa shape index (κ3) is 5.89. The monoisotopic (exact) mass is 415 g/mol. The van der Waals surface area contributed by atoms with Crippen molar-refractivity contribution in [1.82, 2.24) is 15.6 Å². The highest BCUT2D eigenvalue weighted by Crippen LogP contribution is 2.29. The molecule has 1 fully saturated rings. The molecule has 0 spiro atoms. The lowest BCUT2D eigenvalue weighted by molar-refractivity contribution is 0.0745. The van der Waals surface area contributed by atoms with E-state index in [-0.39, 0.29) is 0 Å². The Kier molecular flexibility index (Phi) is 8.41. The molecule has 2 aromatic rings. The second-order valence-electron chi connectivity index (χ2n) is 8.21. The predicted molar refractivity (Wildman–Crippen MR) is 122 cm³/mol. The molecular formula is C23H37N5O2. The third-order valence-corrected chi connectivity index (χ3v) is 5.90. The summed E-state index contributed by atoms with van der Waals surface area (Å²) in [5, 5.41) is 21.2. The maximum Gasteiger partial charge on any atom is 0.133 e. The van der Waals surface area contributed by atoms with E-state index >= 15 is 0 Å². The van der Waals surface area contributed by atoms with E-state index in [1.54, 1.807) is 6.92 Å². The molecule has 1 aromatic heterocycles. The zero-order chi connectivity index (χ0) is 21.5. The van der Waals surface area contributed by atoms with Crippen LogP contribution in [0.3, 0.4) is 0 Å². The van der Waals surface area contributed by atoms with Crippen LogP contribution in [0.1, 0.15) is 56.8 Å². The van der Waals surface area contributed by atoms with Gasteiger partial charge in [0.1, 0.15) is 12.0 Å². The van der Waals surface area contributed by atoms with E-state index in [0.717, 1.165) is 73.3 Å². The largest absolute Gasteiger partial charge is 0.381 e. The van der Waals surface area contributed by atoms with Crippen molar-refractivity contribution in [3.05, 3.63) is 35.4 Å². The van der Waals surface area contributed by atoms with Gasteiger partial charge in [-0.3, -0.25) is 5.32 Å². The smallest absolute Gasteiger partial charge is 0.133 e. The summed E-state index contributed by atoms with van der Waals surface area (Å²) in [6, 6.07) is 9.09. The lowest BCUT2D eigenvalue weighted by Gasteiger charge is -2.28. The molecular weight excluding hydrogens is 378 g/mol. The molecule has 3 atom stereocenters. The molecule has 2 heterocycles. The fourth-order valence-corrected chi connectivity index (χ4v) is 4.22. The first-order valence-electron chi connectivity index (χ1n) is 11.2. The highest BCUT2D eigenvalue weighted by Gasteiger charge is 2.20. The second kappa shape index (κ2) is 11.0. The number of aromatic nitrogens is 1. The summed E-state index contributed by atoms with van der Waals surface area (Å²) in [6.07, 6.45) is 3.04. The maximum absolute atomic E-state index is 9.77. The predicted octanol–water partition coefficient (Wildman–Crippen LogP) is 2.78. The van der Waals surface area contributed by atoms with E-state index < -0.39 is 12.4 Å². The van der Waals surface area contributed by atoms with Gasteiger partial charge in [0.2, 0.25) is 0 Å². The van der Waals surface area contributed by atoms with Crippen LogP contribution in [0, 0.1) is 6.92 Å². The van der Waals surface area contributed by atoms with Crippen LogP contribution in [0.4, 0.5) is 5.82 Å². The average molecular weight is 416 g/mol. The van der Waals surface area contributed by atoms with Crippen LogP contribution < -0.4 is 21.7 Å². The number of aliphatic hydroxyl groups is 1. The zero-order valence-electron chi connectivity index (χ0n) is 18.4. The fraction of sp³-hybridized carbons (Fsp3) is 0.609. The fourth-order valence-electron chi connectivity index (χ4n) is 4.22. The van der Waals surface area contributed by atoms with Gasteiger partial charge < -0.3 is 26.2 Å². The molecule has 166 valence electrons. The van der Waals surface area contributed by atoms with Crippen molar-refractivity contribution in [2.45, 2.75) is 70.9 Å². The highest BCUT2D eigenvalue weighted by molar-refractivity contribution is 5.85. The first kappa shape index (κ1) is 22.9. The van der Waals surface area contributed by atoms with Crippen LogP contribution in [0.15, 0.2) is 24.3 Å². The van der Waals surface area contributed by atoms with E-state index in [4.69, 9.17) is 15.5 Å². The van der Waals surface area contributed by atoms with Crippen LogP contribution in [0.5, 0.6) is 0 Å². The van der Waals surface area contributed by atoms with Gasteiger partial charge in [-0.05, 0) is 51.2 Å². The standard InChI is InChI=1S/C23H37N5O2/c1-4-17(27-18-10-13-30-14-11-18)9-12-25-23-21(22(24)26-16(3)29)15(2)19-7-5-6-8-20(19)28-23/h5-8,16-18,22,26-27,29H,4,9-14,24H2,1-3H3,(H,25,28). The molecule has 3 unspecified atom stereocenters. The number of nitrogens with zero attached hydrogens (tertiary/aromatic N) is 1. The topological polar surface area (TPSA) is 104 Å². The van der Waals surface area contributed by atoms with Gasteiger partial charge >= 0.3 is 0 Å². The maximum atomic E-state index is 9.77. The number of para-hydroxylation sites is 1. The molecule has 0 amide bonds. The van der Waals surface area contributed by atoms with Gasteiger partial charge in [0.25, 0.3) is 0 Å². The normalized spacial score (nSPS) is 18.3. The van der Waals surface area contributed by atoms with Crippen LogP contribution in [0.2, 0.25) is 0 Å². The molecule has 0 bridgehead atoms. The second-order valence-corrected chi connectivity index (χ2v) is 8.21. The van der Waals surface area contributed by atoms with Crippen molar-refractivity contribution < 1.29 is 9.84 Å². The number of hydrogen-bond acceptors (Lipinski definition) is 7. The van der Waals surface area contributed by atoms with Crippen LogP contribution in [0.25, 0.3) is 10.9 Å². The average Bonchev–Trinajstić information content (AvgIpc) is 2.73. The molecule has 7 heteroatoms. The van der Waals surface area contributed by atoms with Crippen molar-refractivity contribution in [3.8, 4) is 0 Å². The molecule has 3 rings (SSSR count). The Morgan fingerprint density at radius 2 is 2.00 bits per heavy atom. The van der Waals surface area contributed by atoms with Crippen LogP contribution >= 0.6 is 0 Å². The number of aryl methyl sites for hydroxylation is 1. The first-order chi connectivity index (χ1) is 14.5. The Hall–Kier alpha value is -1.77. The summed E-state index contributed by atoms with van der Waals surface area (Å²) < 4.78 is 5.47. The minimum absolute atomic E-state index is 0.454. The van der Waals surface area contributed by atoms with Gasteiger partial charge in [-0.2, -0.15) is 0 Å². The van der Waals surface area contributed by atoms with Crippen molar-refractivity contribution in [2.75, 3.05) is 25.1 Å². The number of nitrogens with one attached hydrogen (secondary N) is 3. The summed E-state index contributed by atoms with van der Waals surface area (Å²) in [7, 11) is 0. The molecule has 6 N–H and O–H groups in total. The number of benzene rings is 1. The SMILES string of the molecule is CCC(CCNc1nc2ccccc2c(C)c1C(N)NC(C)O)NC1CCOCC1. The Labute approximate surface area is 179 Å². The van der Waals surface area contributed by atoms with Gasteiger partial charge in [0, 0.05) is 42.8 Å². The highest BCUT2D eigenvalue weighted by atomic mass is 16.5. The molecule has 1 aliphatic heterocycles. The molecule has 1 aromatic carbocycles. The van der Waals surface area contributed by atoms with Crippen molar-refractivity contribution in [3.63, 3.8) is 0 Å². The van der Waals surface area contributed by atoms with E-state index in [9.17, 15) is 5.11 Å². The molecule has 0 aliphatic carbocycles. The molecule has 30 heavy (non-hydrogen) atoms. The number of nitrogens with two attached hydrogens (primary N) is 1. The van der Waals surface area contributed by atoms with E-state index in [1.807, 2.05) is 18.2 Å². The number of aliphatic hydroxyl groups excluding tert-OH is 1. The summed E-state index contributed by atoms with van der Waals surface area (Å²) in [5.41, 5.74) is 9.32. The molecule has 0 radical (unpaired) electrons. The first-order valence-corrected chi connectivity index (χ1v) is 11.2. The Morgan fingerprint density at radius 1 is 1.27 bits per heavy atom. The van der Waals surface area contributed by atoms with Crippen molar-refractivity contribution in [2.24, 2.45) is 5.73 Å². The summed E-state index contributed by atoms with van der Waals surface area (Å²) in [5.74, 6) is 0.785. The number of rotatable bonds is 10. The third-order valence-electron chi connectivity index (χ3n) is 5.90. The van der Waals surface area contributed by atoms with E-state index in [1.165, 1.54) is 0 Å². The molecule has 1 aliphatic rings. The van der Waals surface area contributed by atoms with Gasteiger partial charge in [-0.25, -0.2) is 4.98 Å². The Bertz CT molecular complexity index is 808. The lowest BCUT2D eigenvalue weighted by atomic mass is 10.0. The van der Waals surface area contributed by atoms with E-state index in [2.05, 4.69) is 35.9 Å². The van der Waals surface area contributed by atoms with Crippen LogP contribution in [-0.2, 0) is 4.74 Å². The van der Waals surface area contributed by atoms with Gasteiger partial charge in [-0.1, -0.05) is 25.1 Å². The number of anilines is 1. The molecule has 7 nitrogen and oxygen atoms in total. The number of fused-ring (bicyclic) bond motifs is 1. The number of hydrogen-bond donors (Lipinski definition) is 5. The Balaban J connectivity index is 1.73. The van der Waals surface area contributed by atoms with Crippen molar-refractivity contribution in [1.29, 1.82) is 0 Å². The molecule has 1 saturated heterocycles.